The smallest absolute Gasteiger partial charge is 0.258 e. The van der Waals surface area contributed by atoms with Gasteiger partial charge in [0, 0.05) is 49.9 Å². The summed E-state index contributed by atoms with van der Waals surface area (Å²) in [6.07, 6.45) is 4.62. The zero-order valence-electron chi connectivity index (χ0n) is 18.0. The Labute approximate surface area is 199 Å². The summed E-state index contributed by atoms with van der Waals surface area (Å²) in [5, 5.41) is 6.85. The molecule has 1 aromatic carbocycles. The highest BCUT2D eigenvalue weighted by atomic mass is 32.2. The molecule has 0 aliphatic carbocycles. The molecule has 1 aliphatic rings. The minimum absolute atomic E-state index is 0.0966. The predicted octanol–water partition coefficient (Wildman–Crippen LogP) is 1.90. The van der Waals surface area contributed by atoms with Crippen molar-refractivity contribution in [2.75, 3.05) is 19.6 Å². The molecular formula is C21H21N7O4S2. The van der Waals surface area contributed by atoms with Crippen LogP contribution in [0.3, 0.4) is 0 Å². The van der Waals surface area contributed by atoms with Crippen molar-refractivity contribution < 1.29 is 17.7 Å². The summed E-state index contributed by atoms with van der Waals surface area (Å²) in [7, 11) is -3.71. The lowest BCUT2D eigenvalue weighted by Gasteiger charge is -2.30. The normalized spacial score (nSPS) is 15.5. The first kappa shape index (κ1) is 22.5. The third-order valence-electron chi connectivity index (χ3n) is 5.73. The van der Waals surface area contributed by atoms with Crippen molar-refractivity contribution in [3.05, 3.63) is 48.5 Å². The molecule has 13 heteroatoms. The molecule has 11 nitrogen and oxygen atoms in total. The quantitative estimate of drug-likeness (QED) is 0.403. The second kappa shape index (κ2) is 9.52. The number of nitrogens with one attached hydrogen (secondary N) is 1. The van der Waals surface area contributed by atoms with Gasteiger partial charge in [-0.15, -0.1) is 0 Å². The molecule has 1 aliphatic heterocycles. The van der Waals surface area contributed by atoms with E-state index in [1.807, 2.05) is 0 Å². The van der Waals surface area contributed by atoms with Crippen LogP contribution in [0.1, 0.15) is 18.7 Å². The summed E-state index contributed by atoms with van der Waals surface area (Å²) in [5.41, 5.74) is 1.73. The molecule has 1 fully saturated rings. The summed E-state index contributed by atoms with van der Waals surface area (Å²) in [6, 6.07) is 8.51. The lowest BCUT2D eigenvalue weighted by Crippen LogP contribution is -2.43. The lowest BCUT2D eigenvalue weighted by molar-refractivity contribution is -0.126. The standard InChI is InChI=1S/C21H21N7O4S2/c29-20(23-11-6-18-24-21(32-25-18)15-4-9-22-10-5-15)14-7-12-28(13-8-14)34(30,31)17-3-1-2-16-19(17)27-33-26-16/h1-5,9-10,14H,6-8,11-13H2,(H,23,29). The fourth-order valence-corrected chi connectivity index (χ4v) is 6.12. The molecule has 0 spiro atoms. The summed E-state index contributed by atoms with van der Waals surface area (Å²) in [6.45, 7) is 0.911. The first-order chi connectivity index (χ1) is 16.5. The van der Waals surface area contributed by atoms with E-state index in [0.717, 1.165) is 17.3 Å². The van der Waals surface area contributed by atoms with Crippen LogP contribution in [0.2, 0.25) is 0 Å². The number of fused-ring (bicyclic) bond motifs is 1. The molecule has 4 aromatic rings. The monoisotopic (exact) mass is 499 g/mol. The third-order valence-corrected chi connectivity index (χ3v) is 8.21. The number of aromatic nitrogens is 5. The minimum Gasteiger partial charge on any atom is -0.355 e. The van der Waals surface area contributed by atoms with E-state index >= 15 is 0 Å². The maximum Gasteiger partial charge on any atom is 0.258 e. The van der Waals surface area contributed by atoms with Gasteiger partial charge in [0.2, 0.25) is 15.9 Å². The molecule has 0 radical (unpaired) electrons. The third kappa shape index (κ3) is 4.54. The summed E-state index contributed by atoms with van der Waals surface area (Å²) in [5.74, 6) is 0.557. The zero-order valence-corrected chi connectivity index (χ0v) is 19.6. The Kier molecular flexibility index (Phi) is 6.30. The van der Waals surface area contributed by atoms with Crippen LogP contribution in [-0.4, -0.2) is 62.1 Å². The highest BCUT2D eigenvalue weighted by Gasteiger charge is 2.33. The second-order valence-corrected chi connectivity index (χ2v) is 10.3. The van der Waals surface area contributed by atoms with Gasteiger partial charge in [0.15, 0.2) is 5.82 Å². The average Bonchev–Trinajstić information content (AvgIpc) is 3.54. The first-order valence-corrected chi connectivity index (χ1v) is 12.9. The van der Waals surface area contributed by atoms with Crippen molar-refractivity contribution in [3.63, 3.8) is 0 Å². The van der Waals surface area contributed by atoms with E-state index in [0.29, 0.717) is 48.6 Å². The van der Waals surface area contributed by atoms with Crippen molar-refractivity contribution in [1.82, 2.24) is 33.5 Å². The van der Waals surface area contributed by atoms with Gasteiger partial charge >= 0.3 is 0 Å². The Bertz CT molecular complexity index is 1400. The number of amides is 1. The number of pyridine rings is 1. The molecule has 34 heavy (non-hydrogen) atoms. The molecule has 176 valence electrons. The Balaban J connectivity index is 1.13. The lowest BCUT2D eigenvalue weighted by atomic mass is 9.97. The van der Waals surface area contributed by atoms with Crippen LogP contribution in [0.25, 0.3) is 22.5 Å². The molecule has 1 saturated heterocycles. The molecule has 1 N–H and O–H groups in total. The van der Waals surface area contributed by atoms with Gasteiger partial charge in [-0.1, -0.05) is 11.2 Å². The Morgan fingerprint density at radius 1 is 1.15 bits per heavy atom. The van der Waals surface area contributed by atoms with Gasteiger partial charge in [-0.05, 0) is 37.1 Å². The fraction of sp³-hybridized carbons (Fsp3) is 0.333. The van der Waals surface area contributed by atoms with Crippen molar-refractivity contribution in [3.8, 4) is 11.5 Å². The van der Waals surface area contributed by atoms with Gasteiger partial charge in [-0.2, -0.15) is 18.0 Å². The maximum atomic E-state index is 13.1. The summed E-state index contributed by atoms with van der Waals surface area (Å²) >= 11 is 0.987. The summed E-state index contributed by atoms with van der Waals surface area (Å²) in [4.78, 5) is 21.1. The first-order valence-electron chi connectivity index (χ1n) is 10.7. The highest BCUT2D eigenvalue weighted by Crippen LogP contribution is 2.28. The van der Waals surface area contributed by atoms with Gasteiger partial charge in [0.1, 0.15) is 15.9 Å². The SMILES string of the molecule is O=C(NCCc1noc(-c2ccncc2)n1)C1CCN(S(=O)(=O)c2cccc3nsnc23)CC1. The minimum atomic E-state index is -3.71. The number of hydrogen-bond acceptors (Lipinski definition) is 10. The number of carbonyl (C=O) groups excluding carboxylic acids is 1. The Morgan fingerprint density at radius 2 is 1.94 bits per heavy atom. The average molecular weight is 500 g/mol. The molecule has 5 rings (SSSR count). The van der Waals surface area contributed by atoms with E-state index in [4.69, 9.17) is 4.52 Å². The van der Waals surface area contributed by atoms with E-state index < -0.39 is 10.0 Å². The number of piperidine rings is 1. The van der Waals surface area contributed by atoms with Gasteiger partial charge < -0.3 is 9.84 Å². The van der Waals surface area contributed by atoms with Crippen LogP contribution in [0.15, 0.2) is 52.1 Å². The number of nitrogens with zero attached hydrogens (tertiary/aromatic N) is 6. The summed E-state index contributed by atoms with van der Waals surface area (Å²) < 4.78 is 41.2. The molecule has 0 bridgehead atoms. The number of carbonyl (C=O) groups is 1. The highest BCUT2D eigenvalue weighted by molar-refractivity contribution is 7.89. The van der Waals surface area contributed by atoms with Crippen LogP contribution >= 0.6 is 11.7 Å². The number of sulfonamides is 1. The number of rotatable bonds is 7. The van der Waals surface area contributed by atoms with Gasteiger partial charge in [-0.25, -0.2) is 8.42 Å². The van der Waals surface area contributed by atoms with Gasteiger partial charge in [-0.3, -0.25) is 9.78 Å². The van der Waals surface area contributed by atoms with E-state index in [-0.39, 0.29) is 29.8 Å². The Morgan fingerprint density at radius 3 is 2.74 bits per heavy atom. The van der Waals surface area contributed by atoms with E-state index in [1.165, 1.54) is 4.31 Å². The second-order valence-electron chi connectivity index (χ2n) is 7.86. The number of hydrogen-bond donors (Lipinski definition) is 1. The zero-order chi connectivity index (χ0) is 23.5. The van der Waals surface area contributed by atoms with Crippen LogP contribution in [-0.2, 0) is 21.2 Å². The van der Waals surface area contributed by atoms with Crippen LogP contribution < -0.4 is 5.32 Å². The van der Waals surface area contributed by atoms with E-state index in [2.05, 4.69) is 29.2 Å². The molecule has 0 atom stereocenters. The largest absolute Gasteiger partial charge is 0.355 e. The Hall–Kier alpha value is -3.29. The van der Waals surface area contributed by atoms with Gasteiger partial charge in [0.05, 0.1) is 11.7 Å². The van der Waals surface area contributed by atoms with Crippen LogP contribution in [0.5, 0.6) is 0 Å². The van der Waals surface area contributed by atoms with Crippen molar-refractivity contribution in [1.29, 1.82) is 0 Å². The van der Waals surface area contributed by atoms with Crippen molar-refractivity contribution in [2.24, 2.45) is 5.92 Å². The van der Waals surface area contributed by atoms with Crippen molar-refractivity contribution >= 4 is 38.7 Å². The van der Waals surface area contributed by atoms with Gasteiger partial charge in [0.25, 0.3) is 5.89 Å². The van der Waals surface area contributed by atoms with E-state index in [9.17, 15) is 13.2 Å². The topological polar surface area (TPSA) is 144 Å². The molecular weight excluding hydrogens is 478 g/mol. The predicted molar refractivity (Wildman–Crippen MR) is 123 cm³/mol. The fourth-order valence-electron chi connectivity index (χ4n) is 3.90. The molecule has 3 aromatic heterocycles. The molecule has 4 heterocycles. The van der Waals surface area contributed by atoms with Crippen molar-refractivity contribution in [2.45, 2.75) is 24.2 Å². The molecule has 0 saturated carbocycles. The van der Waals surface area contributed by atoms with Crippen LogP contribution in [0.4, 0.5) is 0 Å². The maximum absolute atomic E-state index is 13.1. The van der Waals surface area contributed by atoms with E-state index in [1.54, 1.807) is 42.7 Å². The molecule has 0 unspecified atom stereocenters. The van der Waals surface area contributed by atoms with Crippen LogP contribution in [0, 0.1) is 5.92 Å². The molecule has 1 amide bonds. The number of benzene rings is 1.